The van der Waals surface area contributed by atoms with E-state index in [2.05, 4.69) is 33.0 Å². The first-order chi connectivity index (χ1) is 5.41. The minimum absolute atomic E-state index is 0.228. The summed E-state index contributed by atoms with van der Waals surface area (Å²) in [5.41, 5.74) is 0.596. The lowest BCUT2D eigenvalue weighted by molar-refractivity contribution is 0.153. The highest BCUT2D eigenvalue weighted by molar-refractivity contribution is 4.83. The Morgan fingerprint density at radius 2 is 2.08 bits per heavy atom. The van der Waals surface area contributed by atoms with Crippen LogP contribution in [0.1, 0.15) is 34.1 Å². The van der Waals surface area contributed by atoms with Crippen molar-refractivity contribution in [2.24, 2.45) is 5.41 Å². The summed E-state index contributed by atoms with van der Waals surface area (Å²) in [5.74, 6) is 0. The van der Waals surface area contributed by atoms with E-state index < -0.39 is 0 Å². The zero-order valence-corrected chi connectivity index (χ0v) is 8.74. The molecule has 0 aliphatic carbocycles. The summed E-state index contributed by atoms with van der Waals surface area (Å²) in [6, 6.07) is 0. The minimum atomic E-state index is 0.228. The van der Waals surface area contributed by atoms with Crippen LogP contribution in [-0.4, -0.2) is 25.3 Å². The number of rotatable bonds is 2. The van der Waals surface area contributed by atoms with E-state index in [-0.39, 0.29) is 5.54 Å². The summed E-state index contributed by atoms with van der Waals surface area (Å²) >= 11 is 0. The average molecular weight is 171 g/mol. The number of nitrogens with one attached hydrogen (secondary N) is 1. The fourth-order valence-electron chi connectivity index (χ4n) is 1.33. The molecule has 1 atom stereocenters. The van der Waals surface area contributed by atoms with Gasteiger partial charge in [0.2, 0.25) is 0 Å². The second kappa shape index (κ2) is 3.35. The third-order valence-corrected chi connectivity index (χ3v) is 2.35. The Hall–Kier alpha value is -0.0800. The first-order valence-corrected chi connectivity index (χ1v) is 4.74. The number of hydrogen-bond acceptors (Lipinski definition) is 2. The Kier molecular flexibility index (Phi) is 2.79. The largest absolute Gasteiger partial charge is 0.381 e. The first kappa shape index (κ1) is 10.0. The van der Waals surface area contributed by atoms with Crippen LogP contribution >= 0.6 is 0 Å². The van der Waals surface area contributed by atoms with Crippen molar-refractivity contribution in [3.63, 3.8) is 0 Å². The molecule has 1 saturated heterocycles. The molecule has 72 valence electrons. The average Bonchev–Trinajstić information content (AvgIpc) is 2.32. The molecule has 1 N–H and O–H groups in total. The summed E-state index contributed by atoms with van der Waals surface area (Å²) < 4.78 is 5.39. The highest BCUT2D eigenvalue weighted by atomic mass is 16.5. The zero-order valence-electron chi connectivity index (χ0n) is 8.74. The van der Waals surface area contributed by atoms with Gasteiger partial charge < -0.3 is 10.1 Å². The molecule has 0 aromatic carbocycles. The second-order valence-electron chi connectivity index (χ2n) is 5.22. The molecule has 2 nitrogen and oxygen atoms in total. The van der Waals surface area contributed by atoms with Crippen molar-refractivity contribution < 1.29 is 4.74 Å². The molecule has 2 heteroatoms. The molecule has 0 aromatic heterocycles. The van der Waals surface area contributed by atoms with Crippen LogP contribution in [0.15, 0.2) is 0 Å². The Morgan fingerprint density at radius 3 is 2.50 bits per heavy atom. The van der Waals surface area contributed by atoms with Crippen molar-refractivity contribution in [2.75, 3.05) is 19.8 Å². The highest BCUT2D eigenvalue weighted by Crippen LogP contribution is 2.27. The molecular weight excluding hydrogens is 150 g/mol. The normalized spacial score (nSPS) is 31.0. The van der Waals surface area contributed by atoms with Crippen molar-refractivity contribution in [1.82, 2.24) is 5.32 Å². The third kappa shape index (κ3) is 3.11. The molecule has 0 bridgehead atoms. The number of ether oxygens (including phenoxy) is 1. The van der Waals surface area contributed by atoms with Crippen molar-refractivity contribution in [3.8, 4) is 0 Å². The van der Waals surface area contributed by atoms with Gasteiger partial charge in [-0.2, -0.15) is 0 Å². The van der Waals surface area contributed by atoms with Crippen molar-refractivity contribution in [3.05, 3.63) is 0 Å². The molecular formula is C10H21NO. The summed E-state index contributed by atoms with van der Waals surface area (Å²) in [5, 5.41) is 3.52. The van der Waals surface area contributed by atoms with Crippen LogP contribution in [0.2, 0.25) is 0 Å². The van der Waals surface area contributed by atoms with Gasteiger partial charge >= 0.3 is 0 Å². The lowest BCUT2D eigenvalue weighted by Crippen LogP contribution is -2.43. The third-order valence-electron chi connectivity index (χ3n) is 2.35. The van der Waals surface area contributed by atoms with E-state index in [9.17, 15) is 0 Å². The van der Waals surface area contributed by atoms with Crippen molar-refractivity contribution in [2.45, 2.75) is 39.7 Å². The summed E-state index contributed by atoms with van der Waals surface area (Å²) in [6.07, 6.45) is 1.19. The Morgan fingerprint density at radius 1 is 1.42 bits per heavy atom. The summed E-state index contributed by atoms with van der Waals surface area (Å²) in [7, 11) is 0. The van der Waals surface area contributed by atoms with E-state index in [4.69, 9.17) is 4.74 Å². The van der Waals surface area contributed by atoms with Gasteiger partial charge in [-0.05, 0) is 27.2 Å². The van der Waals surface area contributed by atoms with Gasteiger partial charge in [-0.3, -0.25) is 0 Å². The minimum Gasteiger partial charge on any atom is -0.381 e. The van der Waals surface area contributed by atoms with Gasteiger partial charge in [-0.1, -0.05) is 6.92 Å². The maximum absolute atomic E-state index is 5.39. The first-order valence-electron chi connectivity index (χ1n) is 4.74. The molecule has 0 saturated carbocycles. The van der Waals surface area contributed by atoms with Crippen molar-refractivity contribution in [1.29, 1.82) is 0 Å². The zero-order chi connectivity index (χ0) is 9.24. The molecule has 1 fully saturated rings. The molecule has 1 aliphatic heterocycles. The number of hydrogen-bond donors (Lipinski definition) is 1. The molecule has 0 aromatic rings. The molecule has 0 amide bonds. The predicted molar refractivity (Wildman–Crippen MR) is 51.3 cm³/mol. The van der Waals surface area contributed by atoms with Crippen molar-refractivity contribution >= 4 is 0 Å². The Labute approximate surface area is 75.7 Å². The molecule has 1 heterocycles. The van der Waals surface area contributed by atoms with Crippen LogP contribution in [0.5, 0.6) is 0 Å². The standard InChI is InChI=1S/C10H21NO/c1-9(2,3)11-7-10(4)5-6-12-8-10/h11H,5-8H2,1-4H3. The van der Waals surface area contributed by atoms with Gasteiger partial charge in [0.05, 0.1) is 6.61 Å². The lowest BCUT2D eigenvalue weighted by atomic mass is 9.89. The monoisotopic (exact) mass is 171 g/mol. The molecule has 0 spiro atoms. The highest BCUT2D eigenvalue weighted by Gasteiger charge is 2.30. The molecule has 0 radical (unpaired) electrons. The maximum atomic E-state index is 5.39. The van der Waals surface area contributed by atoms with Crippen LogP contribution in [0.4, 0.5) is 0 Å². The summed E-state index contributed by atoms with van der Waals surface area (Å²) in [4.78, 5) is 0. The SMILES string of the molecule is CC1(CNC(C)(C)C)CCOC1. The second-order valence-corrected chi connectivity index (χ2v) is 5.22. The van der Waals surface area contributed by atoms with Gasteiger partial charge in [-0.25, -0.2) is 0 Å². The van der Waals surface area contributed by atoms with E-state index in [0.29, 0.717) is 5.41 Å². The van der Waals surface area contributed by atoms with Gasteiger partial charge in [0.1, 0.15) is 0 Å². The molecule has 1 rings (SSSR count). The fraction of sp³-hybridized carbons (Fsp3) is 1.00. The smallest absolute Gasteiger partial charge is 0.0532 e. The topological polar surface area (TPSA) is 21.3 Å². The van der Waals surface area contributed by atoms with E-state index >= 15 is 0 Å². The summed E-state index contributed by atoms with van der Waals surface area (Å²) in [6.45, 7) is 11.8. The van der Waals surface area contributed by atoms with E-state index in [1.807, 2.05) is 0 Å². The van der Waals surface area contributed by atoms with Crippen LogP contribution < -0.4 is 5.32 Å². The van der Waals surface area contributed by atoms with E-state index in [1.165, 1.54) is 6.42 Å². The van der Waals surface area contributed by atoms with Gasteiger partial charge in [0, 0.05) is 24.1 Å². The van der Waals surface area contributed by atoms with Gasteiger partial charge in [-0.15, -0.1) is 0 Å². The molecule has 1 unspecified atom stereocenters. The Bertz CT molecular complexity index is 142. The van der Waals surface area contributed by atoms with Crippen LogP contribution in [0, 0.1) is 5.41 Å². The molecule has 1 aliphatic rings. The van der Waals surface area contributed by atoms with Gasteiger partial charge in [0.15, 0.2) is 0 Å². The van der Waals surface area contributed by atoms with E-state index in [0.717, 1.165) is 19.8 Å². The fourth-order valence-corrected chi connectivity index (χ4v) is 1.33. The maximum Gasteiger partial charge on any atom is 0.0532 e. The Balaban J connectivity index is 2.30. The van der Waals surface area contributed by atoms with Crippen LogP contribution in [-0.2, 0) is 4.74 Å². The quantitative estimate of drug-likeness (QED) is 0.684. The molecule has 12 heavy (non-hydrogen) atoms. The van der Waals surface area contributed by atoms with Crippen LogP contribution in [0.3, 0.4) is 0 Å². The predicted octanol–water partition coefficient (Wildman–Crippen LogP) is 1.80. The lowest BCUT2D eigenvalue weighted by Gasteiger charge is -2.28. The van der Waals surface area contributed by atoms with Gasteiger partial charge in [0.25, 0.3) is 0 Å². The van der Waals surface area contributed by atoms with E-state index in [1.54, 1.807) is 0 Å². The van der Waals surface area contributed by atoms with Crippen LogP contribution in [0.25, 0.3) is 0 Å².